The molecule has 0 aromatic rings. The van der Waals surface area contributed by atoms with Crippen LogP contribution < -0.4 is 0 Å². The van der Waals surface area contributed by atoms with Crippen molar-refractivity contribution in [2.45, 2.75) is 13.8 Å². The Morgan fingerprint density at radius 2 is 1.85 bits per heavy atom. The third kappa shape index (κ3) is 2.08. The first-order chi connectivity index (χ1) is 6.00. The molecule has 1 saturated heterocycles. The van der Waals surface area contributed by atoms with Crippen molar-refractivity contribution in [2.24, 2.45) is 0 Å². The van der Waals surface area contributed by atoms with E-state index < -0.39 is 10.4 Å². The fourth-order valence-electron chi connectivity index (χ4n) is 0.881. The summed E-state index contributed by atoms with van der Waals surface area (Å²) in [6.07, 6.45) is 0. The Kier molecular flexibility index (Phi) is 2.74. The lowest BCUT2D eigenvalue weighted by molar-refractivity contribution is -0.275. The Hall–Kier alpha value is -0.860. The molecule has 1 aliphatic rings. The third-order valence-electron chi connectivity index (χ3n) is 1.55. The van der Waals surface area contributed by atoms with Crippen LogP contribution in [0.2, 0.25) is 0 Å². The summed E-state index contributed by atoms with van der Waals surface area (Å²) in [5, 5.41) is 7.98. The molecule has 1 heterocycles. The highest BCUT2D eigenvalue weighted by atomic mass is 32.3. The Morgan fingerprint density at radius 3 is 2.15 bits per heavy atom. The minimum atomic E-state index is -3.87. The number of hydrogen-bond donors (Lipinski definition) is 1. The van der Waals surface area contributed by atoms with E-state index >= 15 is 0 Å². The first-order valence-corrected chi connectivity index (χ1v) is 5.11. The largest absolute Gasteiger partial charge is 0.446 e. The first-order valence-electron chi connectivity index (χ1n) is 3.78. The molecule has 0 spiro atoms. The van der Waals surface area contributed by atoms with Crippen LogP contribution in [0, 0.1) is 5.41 Å². The molecular weight excluding hydrogens is 198 g/mol. The van der Waals surface area contributed by atoms with Crippen LogP contribution in [-0.2, 0) is 19.0 Å². The van der Waals surface area contributed by atoms with Crippen molar-refractivity contribution in [3.8, 4) is 0 Å². The molecule has 1 N–H and O–H groups in total. The van der Waals surface area contributed by atoms with E-state index in [1.807, 2.05) is 13.8 Å². The lowest BCUT2D eigenvalue weighted by Crippen LogP contribution is -2.51. The van der Waals surface area contributed by atoms with Gasteiger partial charge in [-0.15, -0.1) is 0 Å². The number of hydrogen-bond acceptors (Lipinski definition) is 5. The highest BCUT2D eigenvalue weighted by Crippen LogP contribution is 2.17. The lowest BCUT2D eigenvalue weighted by Gasteiger charge is -2.32. The van der Waals surface area contributed by atoms with E-state index in [2.05, 4.69) is 8.57 Å². The summed E-state index contributed by atoms with van der Waals surface area (Å²) in [5.41, 5.74) is 0. The van der Waals surface area contributed by atoms with E-state index in [0.29, 0.717) is 18.3 Å². The third-order valence-corrected chi connectivity index (χ3v) is 2.19. The van der Waals surface area contributed by atoms with Gasteiger partial charge in [0.05, 0.1) is 0 Å². The summed E-state index contributed by atoms with van der Waals surface area (Å²) in [6.45, 7) is 4.84. The number of nitrogens with one attached hydrogen (secondary N) is 1. The molecule has 1 fully saturated rings. The van der Waals surface area contributed by atoms with Crippen LogP contribution in [0.4, 0.5) is 0 Å². The van der Waals surface area contributed by atoms with E-state index in [-0.39, 0.29) is 5.96 Å². The van der Waals surface area contributed by atoms with Crippen LogP contribution in [0.5, 0.6) is 0 Å². The molecular formula is C5H11N3O4S. The van der Waals surface area contributed by atoms with E-state index in [1.165, 1.54) is 0 Å². The molecule has 13 heavy (non-hydrogen) atoms. The second-order valence-electron chi connectivity index (χ2n) is 2.31. The molecule has 76 valence electrons. The maximum absolute atomic E-state index is 10.4. The monoisotopic (exact) mass is 209 g/mol. The summed E-state index contributed by atoms with van der Waals surface area (Å²) in [4.78, 5) is 1.58. The van der Waals surface area contributed by atoms with Gasteiger partial charge in [0.2, 0.25) is 5.96 Å². The first kappa shape index (κ1) is 10.2. The van der Waals surface area contributed by atoms with Gasteiger partial charge in [-0.1, -0.05) is 13.8 Å². The number of nitrogens with zero attached hydrogens (tertiary/aromatic N) is 2. The summed E-state index contributed by atoms with van der Waals surface area (Å²) in [6, 6.07) is 0. The molecule has 0 atom stereocenters. The van der Waals surface area contributed by atoms with Gasteiger partial charge in [0.15, 0.2) is 0 Å². The van der Waals surface area contributed by atoms with Crippen molar-refractivity contribution in [2.75, 3.05) is 13.1 Å². The Morgan fingerprint density at radius 1 is 1.38 bits per heavy atom. The smallest absolute Gasteiger partial charge is 0.340 e. The second-order valence-corrected chi connectivity index (χ2v) is 3.42. The zero-order valence-electron chi connectivity index (χ0n) is 7.35. The van der Waals surface area contributed by atoms with E-state index in [0.717, 1.165) is 0 Å². The molecule has 0 bridgehead atoms. The minimum Gasteiger partial charge on any atom is -0.340 e. The SMILES string of the molecule is CCN(CC)C(=N)N1OS(=O)(=O)O1. The molecule has 7 nitrogen and oxygen atoms in total. The van der Waals surface area contributed by atoms with Gasteiger partial charge >= 0.3 is 10.4 Å². The molecule has 1 rings (SSSR count). The van der Waals surface area contributed by atoms with Crippen molar-refractivity contribution < 1.29 is 17.0 Å². The van der Waals surface area contributed by atoms with Gasteiger partial charge in [-0.25, -0.2) is 0 Å². The quantitative estimate of drug-likeness (QED) is 0.496. The molecule has 0 saturated carbocycles. The van der Waals surface area contributed by atoms with Crippen LogP contribution in [0.1, 0.15) is 13.8 Å². The van der Waals surface area contributed by atoms with Gasteiger partial charge < -0.3 is 4.90 Å². The molecule has 0 aromatic heterocycles. The molecule has 0 radical (unpaired) electrons. The summed E-state index contributed by atoms with van der Waals surface area (Å²) >= 11 is 0. The topological polar surface area (TPSA) is 82.9 Å². The summed E-state index contributed by atoms with van der Waals surface area (Å²) in [7, 11) is -3.87. The van der Waals surface area contributed by atoms with Gasteiger partial charge in [-0.05, 0) is 13.8 Å². The van der Waals surface area contributed by atoms with Crippen LogP contribution >= 0.6 is 0 Å². The Bertz CT molecular complexity index is 285. The van der Waals surface area contributed by atoms with E-state index in [9.17, 15) is 8.42 Å². The zero-order valence-corrected chi connectivity index (χ0v) is 8.17. The Labute approximate surface area is 76.6 Å². The van der Waals surface area contributed by atoms with Crippen molar-refractivity contribution in [1.29, 1.82) is 5.41 Å². The average Bonchev–Trinajstić information content (AvgIpc) is 2.02. The Balaban J connectivity index is 2.51. The van der Waals surface area contributed by atoms with Crippen LogP contribution in [0.3, 0.4) is 0 Å². The fraction of sp³-hybridized carbons (Fsp3) is 0.800. The van der Waals surface area contributed by atoms with Gasteiger partial charge in [0.1, 0.15) is 0 Å². The van der Waals surface area contributed by atoms with Crippen LogP contribution in [0.25, 0.3) is 0 Å². The van der Waals surface area contributed by atoms with Crippen LogP contribution in [-0.4, -0.2) is 37.6 Å². The minimum absolute atomic E-state index is 0.125. The molecule has 8 heteroatoms. The van der Waals surface area contributed by atoms with Crippen molar-refractivity contribution in [3.63, 3.8) is 0 Å². The van der Waals surface area contributed by atoms with Crippen LogP contribution in [0.15, 0.2) is 0 Å². The van der Waals surface area contributed by atoms with Crippen molar-refractivity contribution >= 4 is 16.4 Å². The predicted octanol–water partition coefficient (Wildman–Crippen LogP) is -0.313. The molecule has 0 unspecified atom stereocenters. The van der Waals surface area contributed by atoms with Gasteiger partial charge in [-0.3, -0.25) is 5.41 Å². The molecule has 0 aromatic carbocycles. The van der Waals surface area contributed by atoms with Gasteiger partial charge in [0.25, 0.3) is 0 Å². The predicted molar refractivity (Wildman–Crippen MR) is 43.6 cm³/mol. The fourth-order valence-corrected chi connectivity index (χ4v) is 1.36. The normalized spacial score (nSPS) is 19.4. The number of hydroxylamine groups is 2. The highest BCUT2D eigenvalue weighted by molar-refractivity contribution is 7.82. The average molecular weight is 209 g/mol. The molecule has 0 amide bonds. The summed E-state index contributed by atoms with van der Waals surface area (Å²) in [5.74, 6) is -0.125. The number of rotatable bonds is 2. The van der Waals surface area contributed by atoms with Crippen molar-refractivity contribution in [1.82, 2.24) is 10.1 Å². The molecule has 0 aliphatic carbocycles. The maximum atomic E-state index is 10.4. The highest BCUT2D eigenvalue weighted by Gasteiger charge is 2.39. The zero-order chi connectivity index (χ0) is 10.1. The van der Waals surface area contributed by atoms with E-state index in [4.69, 9.17) is 5.41 Å². The van der Waals surface area contributed by atoms with Gasteiger partial charge in [0, 0.05) is 13.1 Å². The maximum Gasteiger partial charge on any atom is 0.446 e. The lowest BCUT2D eigenvalue weighted by atomic mass is 10.5. The molecule has 1 aliphatic heterocycles. The second kappa shape index (κ2) is 3.48. The summed E-state index contributed by atoms with van der Waals surface area (Å²) < 4.78 is 29.2. The van der Waals surface area contributed by atoms with Crippen molar-refractivity contribution in [3.05, 3.63) is 0 Å². The van der Waals surface area contributed by atoms with E-state index in [1.54, 1.807) is 4.90 Å². The van der Waals surface area contributed by atoms with Gasteiger partial charge in [-0.2, -0.15) is 8.42 Å². The number of guanidine groups is 1. The standard InChI is InChI=1S/C5H11N3O4S/c1-3-7(4-2)5(6)8-11-13(9,10)12-8/h6H,3-4H2,1-2H3.